The van der Waals surface area contributed by atoms with Crippen LogP contribution in [0.25, 0.3) is 0 Å². The normalized spacial score (nSPS) is 28.1. The van der Waals surface area contributed by atoms with Crippen LogP contribution in [0.5, 0.6) is 0 Å². The van der Waals surface area contributed by atoms with Crippen LogP contribution in [0.15, 0.2) is 18.2 Å². The zero-order valence-corrected chi connectivity index (χ0v) is 18.2. The van der Waals surface area contributed by atoms with Crippen molar-refractivity contribution in [3.05, 3.63) is 28.2 Å². The van der Waals surface area contributed by atoms with Crippen LogP contribution in [0.4, 0.5) is 5.69 Å². The molecule has 1 amide bonds. The number of carbonyl (C=O) groups excluding carboxylic acids is 1. The third kappa shape index (κ3) is 4.37. The summed E-state index contributed by atoms with van der Waals surface area (Å²) in [5.41, 5.74) is 1.03. The molecule has 3 atom stereocenters. The first kappa shape index (κ1) is 21.2. The third-order valence-corrected chi connectivity index (χ3v) is 7.58. The van der Waals surface area contributed by atoms with Crippen LogP contribution < -0.4 is 4.90 Å². The fourth-order valence-electron chi connectivity index (χ4n) is 4.72. The van der Waals surface area contributed by atoms with Crippen molar-refractivity contribution in [2.45, 2.75) is 44.4 Å². The van der Waals surface area contributed by atoms with E-state index in [1.54, 1.807) is 17.0 Å². The lowest BCUT2D eigenvalue weighted by Crippen LogP contribution is -2.58. The van der Waals surface area contributed by atoms with Gasteiger partial charge in [-0.1, -0.05) is 23.2 Å². The molecule has 2 saturated heterocycles. The predicted octanol–water partition coefficient (Wildman–Crippen LogP) is 2.24. The lowest BCUT2D eigenvalue weighted by atomic mass is 9.90. The van der Waals surface area contributed by atoms with E-state index in [2.05, 4.69) is 4.90 Å². The van der Waals surface area contributed by atoms with Crippen LogP contribution in [-0.4, -0.2) is 83.4 Å². The van der Waals surface area contributed by atoms with E-state index in [0.29, 0.717) is 42.8 Å². The summed E-state index contributed by atoms with van der Waals surface area (Å²) in [6.07, 6.45) is 2.34. The number of rotatable bonds is 5. The van der Waals surface area contributed by atoms with E-state index in [-0.39, 0.29) is 23.5 Å². The number of piperidine rings is 1. The van der Waals surface area contributed by atoms with Gasteiger partial charge in [0, 0.05) is 38.4 Å². The molecule has 2 heterocycles. The van der Waals surface area contributed by atoms with Crippen LogP contribution in [-0.2, 0) is 4.79 Å². The lowest BCUT2D eigenvalue weighted by molar-refractivity contribution is -0.135. The second kappa shape index (κ2) is 8.23. The number of hydrogen-bond donors (Lipinski definition) is 2. The maximum atomic E-state index is 12.9. The SMILES string of the molecule is CC1C(=O)N(CC(O)CN2CCC3(CC3)C(O)C2)CCN1c1ccc(Cl)c(Cl)c1. The van der Waals surface area contributed by atoms with Crippen molar-refractivity contribution in [2.24, 2.45) is 5.41 Å². The average Bonchev–Trinajstić information content (AvgIpc) is 3.46. The molecule has 2 aliphatic heterocycles. The highest BCUT2D eigenvalue weighted by atomic mass is 35.5. The maximum Gasteiger partial charge on any atom is 0.245 e. The average molecular weight is 442 g/mol. The van der Waals surface area contributed by atoms with Gasteiger partial charge in [0.15, 0.2) is 0 Å². The van der Waals surface area contributed by atoms with Crippen molar-refractivity contribution in [1.82, 2.24) is 9.80 Å². The predicted molar refractivity (Wildman–Crippen MR) is 115 cm³/mol. The van der Waals surface area contributed by atoms with Crippen molar-refractivity contribution in [2.75, 3.05) is 44.2 Å². The Bertz CT molecular complexity index is 774. The number of halogens is 2. The highest BCUT2D eigenvalue weighted by Crippen LogP contribution is 2.53. The van der Waals surface area contributed by atoms with E-state index in [4.69, 9.17) is 23.2 Å². The number of carbonyl (C=O) groups is 1. The second-order valence-corrected chi connectivity index (χ2v) is 9.61. The zero-order chi connectivity index (χ0) is 20.8. The largest absolute Gasteiger partial charge is 0.391 e. The molecule has 29 heavy (non-hydrogen) atoms. The molecule has 1 spiro atoms. The minimum atomic E-state index is -0.622. The van der Waals surface area contributed by atoms with Gasteiger partial charge in [-0.2, -0.15) is 0 Å². The molecule has 2 N–H and O–H groups in total. The smallest absolute Gasteiger partial charge is 0.245 e. The highest BCUT2D eigenvalue weighted by Gasteiger charge is 2.51. The van der Waals surface area contributed by atoms with Gasteiger partial charge in [-0.15, -0.1) is 0 Å². The summed E-state index contributed by atoms with van der Waals surface area (Å²) < 4.78 is 0. The summed E-state index contributed by atoms with van der Waals surface area (Å²) in [6.45, 7) is 5.42. The Morgan fingerprint density at radius 1 is 1.14 bits per heavy atom. The number of hydrogen-bond acceptors (Lipinski definition) is 5. The Labute approximate surface area is 182 Å². The number of likely N-dealkylation sites (tertiary alicyclic amines) is 1. The van der Waals surface area contributed by atoms with Gasteiger partial charge >= 0.3 is 0 Å². The number of aliphatic hydroxyl groups excluding tert-OH is 2. The van der Waals surface area contributed by atoms with Crippen molar-refractivity contribution >= 4 is 34.8 Å². The minimum Gasteiger partial charge on any atom is -0.391 e. The van der Waals surface area contributed by atoms with Gasteiger partial charge in [0.05, 0.1) is 22.3 Å². The molecular weight excluding hydrogens is 413 g/mol. The van der Waals surface area contributed by atoms with Crippen LogP contribution in [0.1, 0.15) is 26.2 Å². The molecule has 6 nitrogen and oxygen atoms in total. The summed E-state index contributed by atoms with van der Waals surface area (Å²) in [5, 5.41) is 21.9. The first-order chi connectivity index (χ1) is 13.8. The van der Waals surface area contributed by atoms with E-state index >= 15 is 0 Å². The number of amides is 1. The monoisotopic (exact) mass is 441 g/mol. The van der Waals surface area contributed by atoms with Crippen molar-refractivity contribution in [3.8, 4) is 0 Å². The summed E-state index contributed by atoms with van der Waals surface area (Å²) >= 11 is 12.1. The second-order valence-electron chi connectivity index (χ2n) is 8.79. The number of nitrogens with zero attached hydrogens (tertiary/aromatic N) is 3. The standard InChI is InChI=1S/C21H29Cl2N3O3/c1-14-20(29)25(8-9-26(14)15-2-3-17(22)18(23)10-15)12-16(27)11-24-7-6-21(4-5-21)19(28)13-24/h2-3,10,14,16,19,27-28H,4-9,11-13H2,1H3. The summed E-state index contributed by atoms with van der Waals surface area (Å²) in [5.74, 6) is -0.00279. The number of benzene rings is 1. The van der Waals surface area contributed by atoms with Gasteiger partial charge in [0.2, 0.25) is 5.91 Å². The molecule has 0 radical (unpaired) electrons. The molecular formula is C21H29Cl2N3O3. The van der Waals surface area contributed by atoms with Gasteiger partial charge in [0.1, 0.15) is 6.04 Å². The highest BCUT2D eigenvalue weighted by molar-refractivity contribution is 6.42. The zero-order valence-electron chi connectivity index (χ0n) is 16.7. The topological polar surface area (TPSA) is 67.2 Å². The van der Waals surface area contributed by atoms with Gasteiger partial charge in [-0.25, -0.2) is 0 Å². The molecule has 0 aromatic heterocycles. The van der Waals surface area contributed by atoms with Gasteiger partial charge in [-0.3, -0.25) is 9.69 Å². The van der Waals surface area contributed by atoms with E-state index in [1.807, 2.05) is 17.9 Å². The Hall–Kier alpha value is -1.05. The van der Waals surface area contributed by atoms with Crippen molar-refractivity contribution < 1.29 is 15.0 Å². The van der Waals surface area contributed by atoms with E-state index in [9.17, 15) is 15.0 Å². The Balaban J connectivity index is 1.31. The van der Waals surface area contributed by atoms with Crippen LogP contribution in [0, 0.1) is 5.41 Å². The molecule has 3 fully saturated rings. The van der Waals surface area contributed by atoms with Crippen molar-refractivity contribution in [3.63, 3.8) is 0 Å². The molecule has 4 rings (SSSR count). The van der Waals surface area contributed by atoms with Crippen LogP contribution in [0.3, 0.4) is 0 Å². The summed E-state index contributed by atoms with van der Waals surface area (Å²) in [7, 11) is 0. The molecule has 0 bridgehead atoms. The van der Waals surface area contributed by atoms with Gasteiger partial charge in [0.25, 0.3) is 0 Å². The summed E-state index contributed by atoms with van der Waals surface area (Å²) in [6, 6.07) is 5.06. The van der Waals surface area contributed by atoms with Gasteiger partial charge in [-0.05, 0) is 56.3 Å². The Kier molecular flexibility index (Phi) is 6.02. The lowest BCUT2D eigenvalue weighted by Gasteiger charge is -2.42. The Morgan fingerprint density at radius 3 is 2.55 bits per heavy atom. The molecule has 1 aliphatic carbocycles. The molecule has 1 aromatic carbocycles. The molecule has 1 aromatic rings. The molecule has 8 heteroatoms. The molecule has 160 valence electrons. The first-order valence-corrected chi connectivity index (χ1v) is 11.1. The Morgan fingerprint density at radius 2 is 1.90 bits per heavy atom. The number of aliphatic hydroxyl groups is 2. The number of anilines is 1. The fourth-order valence-corrected chi connectivity index (χ4v) is 5.02. The minimum absolute atomic E-state index is 0.00279. The van der Waals surface area contributed by atoms with Crippen molar-refractivity contribution in [1.29, 1.82) is 0 Å². The van der Waals surface area contributed by atoms with Crippen LogP contribution >= 0.6 is 23.2 Å². The molecule has 3 unspecified atom stereocenters. The summed E-state index contributed by atoms with van der Waals surface area (Å²) in [4.78, 5) is 18.8. The van der Waals surface area contributed by atoms with E-state index < -0.39 is 6.10 Å². The van der Waals surface area contributed by atoms with Crippen LogP contribution in [0.2, 0.25) is 10.0 Å². The number of piperazine rings is 1. The molecule has 1 saturated carbocycles. The number of β-amino-alcohol motifs (C(OH)–C–C–N with tert-alkyl or cyclic N) is 2. The van der Waals surface area contributed by atoms with Gasteiger partial charge < -0.3 is 20.0 Å². The van der Waals surface area contributed by atoms with E-state index in [0.717, 1.165) is 31.5 Å². The van der Waals surface area contributed by atoms with E-state index in [1.165, 1.54) is 0 Å². The fraction of sp³-hybridized carbons (Fsp3) is 0.667. The molecule has 3 aliphatic rings. The quantitative estimate of drug-likeness (QED) is 0.733. The first-order valence-electron chi connectivity index (χ1n) is 10.4. The maximum absolute atomic E-state index is 12.9. The third-order valence-electron chi connectivity index (χ3n) is 6.84.